The maximum atomic E-state index is 12.4. The van der Waals surface area contributed by atoms with E-state index in [2.05, 4.69) is 0 Å². The molecule has 0 aliphatic heterocycles. The molecular weight excluding hydrogens is 239 g/mol. The number of alkyl halides is 3. The molecule has 0 heterocycles. The second kappa shape index (κ2) is 5.45. The van der Waals surface area contributed by atoms with Gasteiger partial charge in [0.1, 0.15) is 0 Å². The summed E-state index contributed by atoms with van der Waals surface area (Å²) in [7, 11) is -1.41. The first-order valence-electron chi connectivity index (χ1n) is 4.71. The average molecular weight is 251 g/mol. The van der Waals surface area contributed by atoms with Crippen molar-refractivity contribution in [1.82, 2.24) is 0 Å². The first kappa shape index (κ1) is 13.2. The van der Waals surface area contributed by atoms with Crippen molar-refractivity contribution < 1.29 is 17.4 Å². The summed E-state index contributed by atoms with van der Waals surface area (Å²) in [5.41, 5.74) is 4.47. The molecule has 1 aromatic rings. The number of hydrogen-bond donors (Lipinski definition) is 1. The standard InChI is InChI=1S/C10H12F3NOS/c11-10(12,13)8-3-1-4-9(7-8)16(15)6-2-5-14/h1,3-4,7H,2,5-6,14H2. The Morgan fingerprint density at radius 1 is 1.31 bits per heavy atom. The van der Waals surface area contributed by atoms with Gasteiger partial charge in [0.15, 0.2) is 0 Å². The normalized spacial score (nSPS) is 13.8. The molecule has 90 valence electrons. The third-order valence-corrected chi connectivity index (χ3v) is 3.40. The molecule has 0 saturated heterocycles. The van der Waals surface area contributed by atoms with E-state index >= 15 is 0 Å². The Balaban J connectivity index is 2.86. The van der Waals surface area contributed by atoms with Crippen LogP contribution in [0, 0.1) is 0 Å². The number of hydrogen-bond acceptors (Lipinski definition) is 2. The molecule has 0 saturated carbocycles. The molecule has 0 bridgehead atoms. The van der Waals surface area contributed by atoms with Crippen molar-refractivity contribution >= 4 is 10.8 Å². The molecular formula is C10H12F3NOS. The second-order valence-corrected chi connectivity index (χ2v) is 4.79. The van der Waals surface area contributed by atoms with Crippen molar-refractivity contribution in [2.75, 3.05) is 12.3 Å². The lowest BCUT2D eigenvalue weighted by Gasteiger charge is -2.08. The molecule has 0 radical (unpaired) electrons. The quantitative estimate of drug-likeness (QED) is 0.891. The van der Waals surface area contributed by atoms with Crippen molar-refractivity contribution in [2.24, 2.45) is 5.73 Å². The molecule has 0 aliphatic carbocycles. The van der Waals surface area contributed by atoms with Gasteiger partial charge in [-0.25, -0.2) is 0 Å². The first-order chi connectivity index (χ1) is 7.45. The molecule has 1 rings (SSSR count). The van der Waals surface area contributed by atoms with Crippen LogP contribution in [0.1, 0.15) is 12.0 Å². The SMILES string of the molecule is NCCCS(=O)c1cccc(C(F)(F)F)c1. The highest BCUT2D eigenvalue weighted by Gasteiger charge is 2.30. The molecule has 1 aromatic carbocycles. The molecule has 0 spiro atoms. The van der Waals surface area contributed by atoms with E-state index in [0.29, 0.717) is 13.0 Å². The lowest BCUT2D eigenvalue weighted by Crippen LogP contribution is -2.08. The zero-order valence-electron chi connectivity index (χ0n) is 8.46. The van der Waals surface area contributed by atoms with E-state index < -0.39 is 22.5 Å². The molecule has 1 atom stereocenters. The third kappa shape index (κ3) is 3.61. The van der Waals surface area contributed by atoms with Gasteiger partial charge in [-0.3, -0.25) is 4.21 Å². The van der Waals surface area contributed by atoms with Gasteiger partial charge < -0.3 is 5.73 Å². The van der Waals surface area contributed by atoms with Crippen LogP contribution in [0.4, 0.5) is 13.2 Å². The molecule has 6 heteroatoms. The Hall–Kier alpha value is -0.880. The Labute approximate surface area is 94.1 Å². The van der Waals surface area contributed by atoms with Crippen molar-refractivity contribution in [2.45, 2.75) is 17.5 Å². The Bertz CT molecular complexity index is 379. The molecule has 0 fully saturated rings. The molecule has 0 amide bonds. The van der Waals surface area contributed by atoms with Gasteiger partial charge in [0.25, 0.3) is 0 Å². The zero-order chi connectivity index (χ0) is 12.2. The number of benzene rings is 1. The largest absolute Gasteiger partial charge is 0.416 e. The smallest absolute Gasteiger partial charge is 0.330 e. The summed E-state index contributed by atoms with van der Waals surface area (Å²) < 4.78 is 48.7. The van der Waals surface area contributed by atoms with E-state index in [1.165, 1.54) is 12.1 Å². The third-order valence-electron chi connectivity index (χ3n) is 1.96. The van der Waals surface area contributed by atoms with Gasteiger partial charge in [-0.05, 0) is 31.2 Å². The van der Waals surface area contributed by atoms with Crippen LogP contribution in [0.15, 0.2) is 29.2 Å². The van der Waals surface area contributed by atoms with Crippen molar-refractivity contribution in [3.05, 3.63) is 29.8 Å². The van der Waals surface area contributed by atoms with E-state index in [-0.39, 0.29) is 10.6 Å². The summed E-state index contributed by atoms with van der Waals surface area (Å²) in [5, 5.41) is 0. The minimum absolute atomic E-state index is 0.197. The summed E-state index contributed by atoms with van der Waals surface area (Å²) in [4.78, 5) is 0.197. The zero-order valence-corrected chi connectivity index (χ0v) is 9.27. The highest BCUT2D eigenvalue weighted by atomic mass is 32.2. The molecule has 2 N–H and O–H groups in total. The van der Waals surface area contributed by atoms with Crippen LogP contribution < -0.4 is 5.73 Å². The minimum Gasteiger partial charge on any atom is -0.330 e. The summed E-state index contributed by atoms with van der Waals surface area (Å²) in [6, 6.07) is 4.58. The van der Waals surface area contributed by atoms with Gasteiger partial charge >= 0.3 is 6.18 Å². The highest BCUT2D eigenvalue weighted by Crippen LogP contribution is 2.30. The number of rotatable bonds is 4. The van der Waals surface area contributed by atoms with Gasteiger partial charge in [0.05, 0.1) is 16.4 Å². The van der Waals surface area contributed by atoms with E-state index in [1.807, 2.05) is 0 Å². The summed E-state index contributed by atoms with van der Waals surface area (Å²) in [6.45, 7) is 0.380. The van der Waals surface area contributed by atoms with E-state index in [9.17, 15) is 17.4 Å². The summed E-state index contributed by atoms with van der Waals surface area (Å²) in [6.07, 6.45) is -3.86. The molecule has 0 aromatic heterocycles. The van der Waals surface area contributed by atoms with Crippen LogP contribution >= 0.6 is 0 Å². The minimum atomic E-state index is -4.39. The van der Waals surface area contributed by atoms with Crippen LogP contribution in [-0.4, -0.2) is 16.5 Å². The monoisotopic (exact) mass is 251 g/mol. The Kier molecular flexibility index (Phi) is 4.49. The van der Waals surface area contributed by atoms with E-state index in [0.717, 1.165) is 12.1 Å². The van der Waals surface area contributed by atoms with Gasteiger partial charge in [0.2, 0.25) is 0 Å². The predicted octanol–water partition coefficient (Wildman–Crippen LogP) is 2.16. The topological polar surface area (TPSA) is 43.1 Å². The average Bonchev–Trinajstić information content (AvgIpc) is 2.25. The number of nitrogens with two attached hydrogens (primary N) is 1. The first-order valence-corrected chi connectivity index (χ1v) is 6.02. The van der Waals surface area contributed by atoms with Gasteiger partial charge in [-0.1, -0.05) is 6.07 Å². The predicted molar refractivity (Wildman–Crippen MR) is 56.4 cm³/mol. The maximum absolute atomic E-state index is 12.4. The molecule has 0 aliphatic rings. The Morgan fingerprint density at radius 3 is 2.56 bits per heavy atom. The van der Waals surface area contributed by atoms with Gasteiger partial charge in [-0.15, -0.1) is 0 Å². The fraction of sp³-hybridized carbons (Fsp3) is 0.400. The highest BCUT2D eigenvalue weighted by molar-refractivity contribution is 7.85. The summed E-state index contributed by atoms with van der Waals surface area (Å²) in [5.74, 6) is 0.289. The fourth-order valence-electron chi connectivity index (χ4n) is 1.15. The molecule has 16 heavy (non-hydrogen) atoms. The lowest BCUT2D eigenvalue weighted by molar-refractivity contribution is -0.137. The van der Waals surface area contributed by atoms with E-state index in [1.54, 1.807) is 0 Å². The van der Waals surface area contributed by atoms with Crippen molar-refractivity contribution in [1.29, 1.82) is 0 Å². The van der Waals surface area contributed by atoms with Crippen molar-refractivity contribution in [3.63, 3.8) is 0 Å². The molecule has 1 unspecified atom stereocenters. The second-order valence-electron chi connectivity index (χ2n) is 3.22. The van der Waals surface area contributed by atoms with E-state index in [4.69, 9.17) is 5.73 Å². The maximum Gasteiger partial charge on any atom is 0.416 e. The van der Waals surface area contributed by atoms with Crippen LogP contribution in [-0.2, 0) is 17.0 Å². The van der Waals surface area contributed by atoms with Crippen LogP contribution in [0.3, 0.4) is 0 Å². The lowest BCUT2D eigenvalue weighted by atomic mass is 10.2. The summed E-state index contributed by atoms with van der Waals surface area (Å²) >= 11 is 0. The van der Waals surface area contributed by atoms with Gasteiger partial charge in [0, 0.05) is 10.6 Å². The van der Waals surface area contributed by atoms with Gasteiger partial charge in [-0.2, -0.15) is 13.2 Å². The fourth-order valence-corrected chi connectivity index (χ4v) is 2.30. The van der Waals surface area contributed by atoms with Crippen LogP contribution in [0.25, 0.3) is 0 Å². The Morgan fingerprint density at radius 2 is 2.00 bits per heavy atom. The van der Waals surface area contributed by atoms with Crippen LogP contribution in [0.5, 0.6) is 0 Å². The molecule has 2 nitrogen and oxygen atoms in total. The van der Waals surface area contributed by atoms with Crippen molar-refractivity contribution in [3.8, 4) is 0 Å². The van der Waals surface area contributed by atoms with Crippen LogP contribution in [0.2, 0.25) is 0 Å². The number of halogens is 3.